The molecular weight excluding hydrogens is 196 g/mol. The largest absolute Gasteiger partial charge is 0.384 e. The van der Waals surface area contributed by atoms with Gasteiger partial charge in [-0.05, 0) is 32.6 Å². The van der Waals surface area contributed by atoms with Gasteiger partial charge in [0.15, 0.2) is 0 Å². The molecule has 2 atom stereocenters. The fourth-order valence-electron chi connectivity index (χ4n) is 1.53. The minimum atomic E-state index is -0.715. The Hall–Kier alpha value is -0.940. The summed E-state index contributed by atoms with van der Waals surface area (Å²) in [5, 5.41) is 13.1. The number of aliphatic hydroxyl groups excluding tert-OH is 1. The van der Waals surface area contributed by atoms with Crippen molar-refractivity contribution in [2.24, 2.45) is 5.92 Å². The Morgan fingerprint density at radius 3 is 2.80 bits per heavy atom. The quantitative estimate of drug-likeness (QED) is 0.803. The highest BCUT2D eigenvalue weighted by Crippen LogP contribution is 2.42. The van der Waals surface area contributed by atoms with E-state index in [2.05, 4.69) is 10.1 Å². The van der Waals surface area contributed by atoms with Crippen molar-refractivity contribution in [1.29, 1.82) is 0 Å². The van der Waals surface area contributed by atoms with Crippen molar-refractivity contribution in [3.05, 3.63) is 11.7 Å². The molecule has 1 heterocycles. The Bertz CT molecular complexity index is 320. The lowest BCUT2D eigenvalue weighted by Crippen LogP contribution is -2.08. The monoisotopic (exact) mass is 212 g/mol. The molecule has 0 aromatic carbocycles. The number of aliphatic hydroxyl groups is 1. The highest BCUT2D eigenvalue weighted by Gasteiger charge is 2.36. The van der Waals surface area contributed by atoms with Crippen molar-refractivity contribution in [3.8, 4) is 0 Å². The lowest BCUT2D eigenvalue weighted by Gasteiger charge is -2.11. The van der Waals surface area contributed by atoms with Gasteiger partial charge in [-0.25, -0.2) is 0 Å². The summed E-state index contributed by atoms with van der Waals surface area (Å²) in [5.41, 5.74) is 0. The predicted octanol–water partition coefficient (Wildman–Crippen LogP) is 1.61. The van der Waals surface area contributed by atoms with E-state index in [-0.39, 0.29) is 12.0 Å². The van der Waals surface area contributed by atoms with Crippen LogP contribution in [0.25, 0.3) is 0 Å². The van der Waals surface area contributed by atoms with Gasteiger partial charge in [0.25, 0.3) is 5.89 Å². The van der Waals surface area contributed by atoms with Crippen LogP contribution < -0.4 is 0 Å². The highest BCUT2D eigenvalue weighted by molar-refractivity contribution is 4.99. The molecule has 2 unspecified atom stereocenters. The van der Waals surface area contributed by atoms with Crippen LogP contribution in [0.15, 0.2) is 4.52 Å². The van der Waals surface area contributed by atoms with Crippen LogP contribution in [0.3, 0.4) is 0 Å². The Morgan fingerprint density at radius 2 is 2.33 bits per heavy atom. The van der Waals surface area contributed by atoms with Crippen molar-refractivity contribution in [2.75, 3.05) is 6.61 Å². The first kappa shape index (κ1) is 10.6. The van der Waals surface area contributed by atoms with E-state index in [1.54, 1.807) is 6.92 Å². The predicted molar refractivity (Wildman–Crippen MR) is 52.0 cm³/mol. The van der Waals surface area contributed by atoms with Crippen LogP contribution in [0, 0.1) is 5.92 Å². The van der Waals surface area contributed by atoms with Gasteiger partial charge in [-0.1, -0.05) is 5.16 Å². The third-order valence-corrected chi connectivity index (χ3v) is 2.47. The van der Waals surface area contributed by atoms with Crippen molar-refractivity contribution < 1.29 is 14.4 Å². The smallest absolute Gasteiger partial charge is 0.255 e. The summed E-state index contributed by atoms with van der Waals surface area (Å²) < 4.78 is 10.5. The summed E-state index contributed by atoms with van der Waals surface area (Å²) in [4.78, 5) is 4.14. The lowest BCUT2D eigenvalue weighted by molar-refractivity contribution is 0.0384. The van der Waals surface area contributed by atoms with Crippen LogP contribution in [-0.2, 0) is 4.74 Å². The molecule has 5 nitrogen and oxygen atoms in total. The van der Waals surface area contributed by atoms with E-state index in [0.717, 1.165) is 12.8 Å². The second kappa shape index (κ2) is 4.28. The third kappa shape index (κ3) is 2.35. The maximum Gasteiger partial charge on any atom is 0.255 e. The van der Waals surface area contributed by atoms with Crippen LogP contribution >= 0.6 is 0 Å². The molecule has 1 saturated carbocycles. The van der Waals surface area contributed by atoms with E-state index in [1.165, 1.54) is 0 Å². The van der Waals surface area contributed by atoms with Crippen LogP contribution in [0.2, 0.25) is 0 Å². The Balaban J connectivity index is 2.10. The van der Waals surface area contributed by atoms with Crippen molar-refractivity contribution in [3.63, 3.8) is 0 Å². The first-order chi connectivity index (χ1) is 7.22. The molecule has 1 aliphatic carbocycles. The fraction of sp³-hybridized carbons (Fsp3) is 0.800. The molecule has 0 aliphatic heterocycles. The summed E-state index contributed by atoms with van der Waals surface area (Å²) in [6.07, 6.45) is 1.53. The molecule has 84 valence electrons. The maximum atomic E-state index is 9.27. The second-order valence-corrected chi connectivity index (χ2v) is 3.88. The molecule has 0 bridgehead atoms. The zero-order chi connectivity index (χ0) is 10.8. The van der Waals surface area contributed by atoms with E-state index < -0.39 is 6.10 Å². The number of hydrogen-bond donors (Lipinski definition) is 1. The zero-order valence-electron chi connectivity index (χ0n) is 9.01. The Morgan fingerprint density at radius 1 is 1.60 bits per heavy atom. The molecule has 1 fully saturated rings. The van der Waals surface area contributed by atoms with E-state index in [0.29, 0.717) is 18.3 Å². The highest BCUT2D eigenvalue weighted by atomic mass is 16.5. The number of ether oxygens (including phenoxy) is 1. The van der Waals surface area contributed by atoms with E-state index >= 15 is 0 Å². The molecule has 0 spiro atoms. The van der Waals surface area contributed by atoms with E-state index in [4.69, 9.17) is 9.26 Å². The summed E-state index contributed by atoms with van der Waals surface area (Å²) in [7, 11) is 0. The average molecular weight is 212 g/mol. The third-order valence-electron chi connectivity index (χ3n) is 2.47. The zero-order valence-corrected chi connectivity index (χ0v) is 9.01. The van der Waals surface area contributed by atoms with Gasteiger partial charge >= 0.3 is 0 Å². The van der Waals surface area contributed by atoms with Gasteiger partial charge in [0.2, 0.25) is 5.82 Å². The first-order valence-electron chi connectivity index (χ1n) is 5.35. The lowest BCUT2D eigenvalue weighted by atomic mass is 10.2. The summed E-state index contributed by atoms with van der Waals surface area (Å²) >= 11 is 0. The molecule has 1 aromatic rings. The summed E-state index contributed by atoms with van der Waals surface area (Å²) in [6, 6.07) is 0. The van der Waals surface area contributed by atoms with Gasteiger partial charge in [0, 0.05) is 6.61 Å². The van der Waals surface area contributed by atoms with Crippen LogP contribution in [0.5, 0.6) is 0 Å². The van der Waals surface area contributed by atoms with Gasteiger partial charge in [-0.3, -0.25) is 0 Å². The molecule has 1 N–H and O–H groups in total. The van der Waals surface area contributed by atoms with E-state index in [9.17, 15) is 5.11 Å². The number of nitrogens with zero attached hydrogens (tertiary/aromatic N) is 2. The van der Waals surface area contributed by atoms with Gasteiger partial charge in [-0.2, -0.15) is 4.98 Å². The SMILES string of the molecule is CCOC(c1noc(C(C)O)n1)C1CC1. The Labute approximate surface area is 88.4 Å². The van der Waals surface area contributed by atoms with Crippen molar-refractivity contribution >= 4 is 0 Å². The van der Waals surface area contributed by atoms with Gasteiger partial charge in [0.1, 0.15) is 12.2 Å². The minimum absolute atomic E-state index is 0.0637. The van der Waals surface area contributed by atoms with Crippen molar-refractivity contribution in [1.82, 2.24) is 10.1 Å². The molecule has 5 heteroatoms. The van der Waals surface area contributed by atoms with Crippen LogP contribution in [-0.4, -0.2) is 21.9 Å². The minimum Gasteiger partial charge on any atom is -0.384 e. The van der Waals surface area contributed by atoms with Gasteiger partial charge in [0.05, 0.1) is 0 Å². The molecule has 0 radical (unpaired) electrons. The number of rotatable bonds is 5. The van der Waals surface area contributed by atoms with Gasteiger partial charge < -0.3 is 14.4 Å². The summed E-state index contributed by atoms with van der Waals surface area (Å²) in [6.45, 7) is 4.19. The average Bonchev–Trinajstić information content (AvgIpc) is 2.91. The van der Waals surface area contributed by atoms with Crippen LogP contribution in [0.4, 0.5) is 0 Å². The Kier molecular flexibility index (Phi) is 3.02. The molecule has 1 aliphatic rings. The second-order valence-electron chi connectivity index (χ2n) is 3.88. The van der Waals surface area contributed by atoms with Gasteiger partial charge in [-0.15, -0.1) is 0 Å². The first-order valence-corrected chi connectivity index (χ1v) is 5.35. The maximum absolute atomic E-state index is 9.27. The molecular formula is C10H16N2O3. The summed E-state index contributed by atoms with van der Waals surface area (Å²) in [5.74, 6) is 1.34. The standard InChI is InChI=1S/C10H16N2O3/c1-3-14-8(7-4-5-7)9-11-10(6(2)13)15-12-9/h6-8,13H,3-5H2,1-2H3. The molecule has 0 saturated heterocycles. The molecule has 1 aromatic heterocycles. The normalized spacial score (nSPS) is 20.2. The molecule has 0 amide bonds. The number of hydrogen-bond acceptors (Lipinski definition) is 5. The molecule has 2 rings (SSSR count). The molecule has 15 heavy (non-hydrogen) atoms. The topological polar surface area (TPSA) is 68.4 Å². The number of aromatic nitrogens is 2. The van der Waals surface area contributed by atoms with Crippen LogP contribution in [0.1, 0.15) is 50.6 Å². The van der Waals surface area contributed by atoms with E-state index in [1.807, 2.05) is 6.92 Å². The van der Waals surface area contributed by atoms with Crippen molar-refractivity contribution in [2.45, 2.75) is 38.9 Å². The fourth-order valence-corrected chi connectivity index (χ4v) is 1.53.